The number of hydrogen-bond acceptors (Lipinski definition) is 5. The van der Waals surface area contributed by atoms with E-state index in [1.165, 1.54) is 0 Å². The molecule has 3 heterocycles. The molecule has 2 amide bonds. The summed E-state index contributed by atoms with van der Waals surface area (Å²) in [4.78, 5) is 23.1. The number of thiazole rings is 1. The highest BCUT2D eigenvalue weighted by Gasteiger charge is 2.23. The largest absolute Gasteiger partial charge is 0.376 e. The molecule has 1 fully saturated rings. The summed E-state index contributed by atoms with van der Waals surface area (Å²) in [6.45, 7) is 4.24. The molecule has 7 heteroatoms. The van der Waals surface area contributed by atoms with E-state index in [1.807, 2.05) is 30.5 Å². The van der Waals surface area contributed by atoms with Crippen molar-refractivity contribution >= 4 is 17.4 Å². The number of aryl methyl sites for hydroxylation is 1. The van der Waals surface area contributed by atoms with E-state index < -0.39 is 0 Å². The first kappa shape index (κ1) is 16.9. The first-order valence-electron chi connectivity index (χ1n) is 8.16. The average Bonchev–Trinajstić information content (AvgIpc) is 3.24. The Kier molecular flexibility index (Phi) is 5.77. The third-order valence-corrected chi connectivity index (χ3v) is 4.84. The molecule has 0 unspecified atom stereocenters. The Labute approximate surface area is 145 Å². The summed E-state index contributed by atoms with van der Waals surface area (Å²) < 4.78 is 5.69. The van der Waals surface area contributed by atoms with E-state index >= 15 is 0 Å². The fourth-order valence-electron chi connectivity index (χ4n) is 2.69. The number of aromatic nitrogens is 2. The predicted octanol–water partition coefficient (Wildman–Crippen LogP) is 2.74. The molecule has 6 nitrogen and oxygen atoms in total. The van der Waals surface area contributed by atoms with Crippen molar-refractivity contribution < 1.29 is 9.53 Å². The van der Waals surface area contributed by atoms with Crippen LogP contribution in [0.2, 0.25) is 0 Å². The molecule has 0 radical (unpaired) electrons. The number of pyridine rings is 1. The van der Waals surface area contributed by atoms with Gasteiger partial charge in [0, 0.05) is 30.4 Å². The van der Waals surface area contributed by atoms with Crippen molar-refractivity contribution in [3.05, 3.63) is 46.2 Å². The van der Waals surface area contributed by atoms with Gasteiger partial charge in [0.15, 0.2) is 0 Å². The molecule has 1 saturated heterocycles. The van der Waals surface area contributed by atoms with Gasteiger partial charge in [0.1, 0.15) is 5.01 Å². The lowest BCUT2D eigenvalue weighted by Crippen LogP contribution is -2.43. The summed E-state index contributed by atoms with van der Waals surface area (Å²) in [6.07, 6.45) is 3.91. The monoisotopic (exact) mass is 346 g/mol. The quantitative estimate of drug-likeness (QED) is 0.873. The second-order valence-electron chi connectivity index (χ2n) is 5.88. The minimum atomic E-state index is -0.107. The highest BCUT2D eigenvalue weighted by molar-refractivity contribution is 7.09. The molecule has 24 heavy (non-hydrogen) atoms. The Morgan fingerprint density at radius 2 is 2.42 bits per heavy atom. The van der Waals surface area contributed by atoms with Crippen LogP contribution in [0.5, 0.6) is 0 Å². The van der Waals surface area contributed by atoms with E-state index in [2.05, 4.69) is 15.3 Å². The van der Waals surface area contributed by atoms with Crippen LogP contribution in [0.1, 0.15) is 29.2 Å². The maximum atomic E-state index is 12.6. The number of nitrogens with zero attached hydrogens (tertiary/aromatic N) is 3. The van der Waals surface area contributed by atoms with E-state index in [0.717, 1.165) is 35.8 Å². The molecule has 1 atom stereocenters. The number of ether oxygens (including phenoxy) is 1. The summed E-state index contributed by atoms with van der Waals surface area (Å²) in [5.74, 6) is 0. The first-order chi connectivity index (χ1) is 11.7. The Balaban J connectivity index is 1.61. The molecular weight excluding hydrogens is 324 g/mol. The highest BCUT2D eigenvalue weighted by atomic mass is 32.1. The zero-order chi connectivity index (χ0) is 16.8. The number of carbonyl (C=O) groups is 1. The van der Waals surface area contributed by atoms with Crippen molar-refractivity contribution in [2.24, 2.45) is 0 Å². The molecular formula is C17H22N4O2S. The lowest BCUT2D eigenvalue weighted by Gasteiger charge is -2.25. The van der Waals surface area contributed by atoms with Crippen LogP contribution in [-0.2, 0) is 17.8 Å². The summed E-state index contributed by atoms with van der Waals surface area (Å²) in [7, 11) is 0. The van der Waals surface area contributed by atoms with Crippen molar-refractivity contribution in [1.29, 1.82) is 0 Å². The fraction of sp³-hybridized carbons (Fsp3) is 0.471. The number of urea groups is 1. The number of carbonyl (C=O) groups excluding carboxylic acids is 1. The van der Waals surface area contributed by atoms with Gasteiger partial charge in [-0.05, 0) is 31.9 Å². The predicted molar refractivity (Wildman–Crippen MR) is 92.7 cm³/mol. The van der Waals surface area contributed by atoms with Crippen LogP contribution in [0.25, 0.3) is 0 Å². The van der Waals surface area contributed by atoms with E-state index in [1.54, 1.807) is 22.4 Å². The summed E-state index contributed by atoms with van der Waals surface area (Å²) >= 11 is 1.56. The first-order valence-corrected chi connectivity index (χ1v) is 9.04. The lowest BCUT2D eigenvalue weighted by molar-refractivity contribution is 0.0791. The smallest absolute Gasteiger partial charge is 0.318 e. The van der Waals surface area contributed by atoms with E-state index in [4.69, 9.17) is 4.74 Å². The van der Waals surface area contributed by atoms with E-state index in [9.17, 15) is 4.79 Å². The Morgan fingerprint density at radius 3 is 3.08 bits per heavy atom. The maximum Gasteiger partial charge on any atom is 0.318 e. The van der Waals surface area contributed by atoms with Gasteiger partial charge in [0.05, 0.1) is 24.9 Å². The molecule has 2 aromatic heterocycles. The molecule has 3 rings (SSSR count). The van der Waals surface area contributed by atoms with Crippen LogP contribution < -0.4 is 5.32 Å². The molecule has 1 aliphatic heterocycles. The van der Waals surface area contributed by atoms with Gasteiger partial charge in [-0.1, -0.05) is 6.07 Å². The van der Waals surface area contributed by atoms with Crippen LogP contribution in [0.4, 0.5) is 4.79 Å². The van der Waals surface area contributed by atoms with Crippen LogP contribution >= 0.6 is 11.3 Å². The van der Waals surface area contributed by atoms with Crippen LogP contribution in [0.3, 0.4) is 0 Å². The molecule has 0 bridgehead atoms. The van der Waals surface area contributed by atoms with Crippen molar-refractivity contribution in [2.75, 3.05) is 13.2 Å². The van der Waals surface area contributed by atoms with Gasteiger partial charge in [-0.3, -0.25) is 4.98 Å². The third-order valence-electron chi connectivity index (χ3n) is 3.87. The molecule has 128 valence electrons. The molecule has 2 aromatic rings. The maximum absolute atomic E-state index is 12.6. The molecule has 1 aliphatic rings. The van der Waals surface area contributed by atoms with Gasteiger partial charge in [0.25, 0.3) is 0 Å². The highest BCUT2D eigenvalue weighted by Crippen LogP contribution is 2.15. The second kappa shape index (κ2) is 8.21. The second-order valence-corrected chi connectivity index (χ2v) is 6.82. The van der Waals surface area contributed by atoms with Gasteiger partial charge >= 0.3 is 6.03 Å². The lowest BCUT2D eigenvalue weighted by atomic mass is 10.2. The zero-order valence-electron chi connectivity index (χ0n) is 13.8. The number of rotatable bonds is 6. The Bertz CT molecular complexity index is 656. The molecule has 1 N–H and O–H groups in total. The van der Waals surface area contributed by atoms with Gasteiger partial charge in [-0.2, -0.15) is 0 Å². The van der Waals surface area contributed by atoms with Gasteiger partial charge in [-0.15, -0.1) is 11.3 Å². The van der Waals surface area contributed by atoms with Crippen molar-refractivity contribution in [1.82, 2.24) is 20.2 Å². The fourth-order valence-corrected chi connectivity index (χ4v) is 3.40. The molecule has 0 aliphatic carbocycles. The van der Waals surface area contributed by atoms with E-state index in [0.29, 0.717) is 19.6 Å². The molecule has 0 saturated carbocycles. The van der Waals surface area contributed by atoms with Crippen molar-refractivity contribution in [3.8, 4) is 0 Å². The standard InChI is InChI=1S/C17H22N4O2S/c1-13-12-24-16(20-13)9-19-17(22)21(11-15-6-4-8-23-15)10-14-5-2-3-7-18-14/h2-3,5,7,12,15H,4,6,8-11H2,1H3,(H,19,22)/t15-/m1/s1. The SMILES string of the molecule is Cc1csc(CNC(=O)N(Cc2ccccn2)C[C@H]2CCCO2)n1. The van der Waals surface area contributed by atoms with Crippen molar-refractivity contribution in [3.63, 3.8) is 0 Å². The normalized spacial score (nSPS) is 17.0. The average molecular weight is 346 g/mol. The summed E-state index contributed by atoms with van der Waals surface area (Å²) in [5.41, 5.74) is 1.85. The molecule has 0 aromatic carbocycles. The zero-order valence-corrected chi connectivity index (χ0v) is 14.6. The van der Waals surface area contributed by atoms with Gasteiger partial charge in [0.2, 0.25) is 0 Å². The van der Waals surface area contributed by atoms with Crippen LogP contribution in [0, 0.1) is 6.92 Å². The topological polar surface area (TPSA) is 67.4 Å². The Hall–Kier alpha value is -1.99. The summed E-state index contributed by atoms with van der Waals surface area (Å²) in [5, 5.41) is 5.86. The van der Waals surface area contributed by atoms with Crippen LogP contribution in [0.15, 0.2) is 29.8 Å². The number of nitrogens with one attached hydrogen (secondary N) is 1. The third kappa shape index (κ3) is 4.75. The summed E-state index contributed by atoms with van der Waals surface area (Å²) in [6, 6.07) is 5.63. The minimum Gasteiger partial charge on any atom is -0.376 e. The van der Waals surface area contributed by atoms with E-state index in [-0.39, 0.29) is 12.1 Å². The van der Waals surface area contributed by atoms with Gasteiger partial charge < -0.3 is 15.0 Å². The number of amides is 2. The number of hydrogen-bond donors (Lipinski definition) is 1. The van der Waals surface area contributed by atoms with Crippen molar-refractivity contribution in [2.45, 2.75) is 39.0 Å². The van der Waals surface area contributed by atoms with Gasteiger partial charge in [-0.25, -0.2) is 9.78 Å². The van der Waals surface area contributed by atoms with Crippen LogP contribution in [-0.4, -0.2) is 40.2 Å². The minimum absolute atomic E-state index is 0.107. The Morgan fingerprint density at radius 1 is 1.50 bits per heavy atom. The molecule has 0 spiro atoms.